The van der Waals surface area contributed by atoms with Crippen molar-refractivity contribution in [2.45, 2.75) is 76.7 Å². The molecule has 0 bridgehead atoms. The van der Waals surface area contributed by atoms with Gasteiger partial charge in [0.15, 0.2) is 5.78 Å². The molecule has 5 rings (SSSR count). The van der Waals surface area contributed by atoms with Crippen LogP contribution in [0.1, 0.15) is 82.3 Å². The third-order valence-corrected chi connectivity index (χ3v) is 8.16. The molecule has 4 heteroatoms. The van der Waals surface area contributed by atoms with Gasteiger partial charge in [-0.25, -0.2) is 0 Å². The maximum absolute atomic E-state index is 13.8. The van der Waals surface area contributed by atoms with Crippen LogP contribution in [0.4, 0.5) is 0 Å². The number of hydrogen-bond acceptors (Lipinski definition) is 4. The van der Waals surface area contributed by atoms with Crippen LogP contribution in [0.2, 0.25) is 0 Å². The molecular weight excluding hydrogens is 394 g/mol. The molecule has 32 heavy (non-hydrogen) atoms. The van der Waals surface area contributed by atoms with Crippen molar-refractivity contribution in [2.24, 2.45) is 22.6 Å². The summed E-state index contributed by atoms with van der Waals surface area (Å²) in [6.45, 7) is 8.73. The highest BCUT2D eigenvalue weighted by molar-refractivity contribution is 6.09. The van der Waals surface area contributed by atoms with E-state index in [9.17, 15) is 4.79 Å². The van der Waals surface area contributed by atoms with Crippen molar-refractivity contribution in [3.63, 3.8) is 0 Å². The van der Waals surface area contributed by atoms with E-state index in [1.54, 1.807) is 0 Å². The summed E-state index contributed by atoms with van der Waals surface area (Å²) in [5.41, 5.74) is 10.8. The number of nitrogens with zero attached hydrogens (tertiary/aromatic N) is 2. The minimum absolute atomic E-state index is 0.230. The largest absolute Gasteiger partial charge is 0.387 e. The smallest absolute Gasteiger partial charge is 0.153 e. The molecule has 0 spiro atoms. The molecule has 4 atom stereocenters. The summed E-state index contributed by atoms with van der Waals surface area (Å²) in [5, 5.41) is 0. The predicted octanol–water partition coefficient (Wildman–Crippen LogP) is 5.32. The van der Waals surface area contributed by atoms with Crippen LogP contribution in [-0.4, -0.2) is 35.1 Å². The van der Waals surface area contributed by atoms with Crippen LogP contribution in [0.3, 0.4) is 0 Å². The van der Waals surface area contributed by atoms with Crippen molar-refractivity contribution in [2.75, 3.05) is 13.1 Å². The summed E-state index contributed by atoms with van der Waals surface area (Å²) < 4.78 is 0. The minimum Gasteiger partial charge on any atom is -0.387 e. The van der Waals surface area contributed by atoms with Gasteiger partial charge in [-0.05, 0) is 80.1 Å². The van der Waals surface area contributed by atoms with Gasteiger partial charge in [-0.1, -0.05) is 44.2 Å². The lowest BCUT2D eigenvalue weighted by molar-refractivity contribution is -0.124. The molecule has 2 aliphatic heterocycles. The maximum atomic E-state index is 13.8. The van der Waals surface area contributed by atoms with Gasteiger partial charge in [0.1, 0.15) is 5.84 Å². The first kappa shape index (κ1) is 21.5. The van der Waals surface area contributed by atoms with Gasteiger partial charge in [-0.15, -0.1) is 0 Å². The number of carbonyl (C=O) groups excluding carboxylic acids is 1. The average molecular weight is 432 g/mol. The Morgan fingerprint density at radius 3 is 2.50 bits per heavy atom. The lowest BCUT2D eigenvalue weighted by Gasteiger charge is -2.43. The summed E-state index contributed by atoms with van der Waals surface area (Å²) in [6.07, 6.45) is 11.1. The molecule has 2 N–H and O–H groups in total. The van der Waals surface area contributed by atoms with E-state index in [0.29, 0.717) is 18.2 Å². The number of allylic oxidation sites excluding steroid dienone is 2. The van der Waals surface area contributed by atoms with Gasteiger partial charge in [-0.3, -0.25) is 9.79 Å². The number of aliphatic imine (C=N–C) groups is 1. The molecule has 2 heterocycles. The molecule has 1 aromatic carbocycles. The lowest BCUT2D eigenvalue weighted by Crippen LogP contribution is -2.50. The number of benzene rings is 1. The van der Waals surface area contributed by atoms with Crippen molar-refractivity contribution in [1.29, 1.82) is 0 Å². The molecule has 1 unspecified atom stereocenters. The second-order valence-corrected chi connectivity index (χ2v) is 10.6. The van der Waals surface area contributed by atoms with Gasteiger partial charge >= 0.3 is 0 Å². The predicted molar refractivity (Wildman–Crippen MR) is 131 cm³/mol. The number of amidine groups is 1. The van der Waals surface area contributed by atoms with E-state index in [0.717, 1.165) is 37.4 Å². The van der Waals surface area contributed by atoms with Crippen LogP contribution < -0.4 is 5.73 Å². The van der Waals surface area contributed by atoms with Gasteiger partial charge in [-0.2, -0.15) is 0 Å². The average Bonchev–Trinajstić information content (AvgIpc) is 3.54. The van der Waals surface area contributed by atoms with E-state index in [4.69, 9.17) is 10.7 Å². The van der Waals surface area contributed by atoms with E-state index in [2.05, 4.69) is 55.2 Å². The molecular formula is C28H37N3O. The molecule has 1 saturated carbocycles. The van der Waals surface area contributed by atoms with Crippen LogP contribution in [0.15, 0.2) is 52.7 Å². The third-order valence-electron chi connectivity index (χ3n) is 8.16. The molecule has 1 aromatic rings. The first-order valence-corrected chi connectivity index (χ1v) is 12.6. The van der Waals surface area contributed by atoms with Crippen LogP contribution in [-0.2, 0) is 4.79 Å². The molecule has 0 aromatic heterocycles. The number of hydrogen-bond donors (Lipinski definition) is 1. The zero-order valence-corrected chi connectivity index (χ0v) is 19.8. The van der Waals surface area contributed by atoms with E-state index < -0.39 is 5.54 Å². The zero-order chi connectivity index (χ0) is 22.5. The fraction of sp³-hybridized carbons (Fsp3) is 0.571. The Labute approximate surface area is 192 Å². The van der Waals surface area contributed by atoms with Gasteiger partial charge in [0.25, 0.3) is 0 Å². The van der Waals surface area contributed by atoms with Crippen molar-refractivity contribution in [3.8, 4) is 0 Å². The Kier molecular flexibility index (Phi) is 5.51. The molecule has 2 fully saturated rings. The Morgan fingerprint density at radius 1 is 1.16 bits per heavy atom. The molecule has 0 radical (unpaired) electrons. The monoisotopic (exact) mass is 431 g/mol. The molecule has 4 nitrogen and oxygen atoms in total. The highest BCUT2D eigenvalue weighted by Gasteiger charge is 2.49. The second-order valence-electron chi connectivity index (χ2n) is 10.6. The number of Topliss-reactive ketones (excluding diaryl/α,β-unsaturated/α-hetero) is 1. The van der Waals surface area contributed by atoms with Crippen LogP contribution >= 0.6 is 0 Å². The van der Waals surface area contributed by atoms with E-state index in [1.165, 1.54) is 36.1 Å². The van der Waals surface area contributed by atoms with Crippen LogP contribution in [0.25, 0.3) is 0 Å². The maximum Gasteiger partial charge on any atom is 0.153 e. The number of ketones is 1. The normalized spacial score (nSPS) is 33.1. The highest BCUT2D eigenvalue weighted by Crippen LogP contribution is 2.47. The fourth-order valence-corrected chi connectivity index (χ4v) is 6.04. The van der Waals surface area contributed by atoms with E-state index >= 15 is 0 Å². The third kappa shape index (κ3) is 3.72. The summed E-state index contributed by atoms with van der Waals surface area (Å²) in [6, 6.07) is 8.83. The second kappa shape index (κ2) is 8.20. The number of rotatable bonds is 5. The number of likely N-dealkylation sites (tertiary alicyclic amines) is 1. The first-order chi connectivity index (χ1) is 15.4. The Bertz CT molecular complexity index is 984. The fourth-order valence-electron chi connectivity index (χ4n) is 6.04. The Balaban J connectivity index is 1.54. The molecule has 4 aliphatic rings. The van der Waals surface area contributed by atoms with E-state index in [1.807, 2.05) is 6.92 Å². The van der Waals surface area contributed by atoms with Gasteiger partial charge in [0.05, 0.1) is 17.4 Å². The van der Waals surface area contributed by atoms with Crippen LogP contribution in [0, 0.1) is 11.8 Å². The van der Waals surface area contributed by atoms with E-state index in [-0.39, 0.29) is 17.6 Å². The van der Waals surface area contributed by atoms with Crippen LogP contribution in [0.5, 0.6) is 0 Å². The van der Waals surface area contributed by atoms with Gasteiger partial charge in [0.2, 0.25) is 0 Å². The number of carbonyl (C=O) groups is 1. The minimum atomic E-state index is -0.626. The summed E-state index contributed by atoms with van der Waals surface area (Å²) in [4.78, 5) is 21.4. The molecule has 2 aliphatic carbocycles. The number of nitrogens with two attached hydrogens (primary N) is 1. The zero-order valence-electron chi connectivity index (χ0n) is 19.8. The summed E-state index contributed by atoms with van der Waals surface area (Å²) >= 11 is 0. The highest BCUT2D eigenvalue weighted by atomic mass is 16.1. The van der Waals surface area contributed by atoms with Crippen molar-refractivity contribution < 1.29 is 4.79 Å². The van der Waals surface area contributed by atoms with Gasteiger partial charge in [0, 0.05) is 18.8 Å². The molecule has 170 valence electrons. The Hall–Kier alpha value is -2.36. The topological polar surface area (TPSA) is 58.7 Å². The lowest BCUT2D eigenvalue weighted by atomic mass is 9.66. The summed E-state index contributed by atoms with van der Waals surface area (Å²) in [7, 11) is 0. The summed E-state index contributed by atoms with van der Waals surface area (Å²) in [5.74, 6) is 1.63. The Morgan fingerprint density at radius 2 is 1.88 bits per heavy atom. The molecule has 0 amide bonds. The van der Waals surface area contributed by atoms with Crippen molar-refractivity contribution in [1.82, 2.24) is 4.90 Å². The SMILES string of the molecule is CCC1C(=O)[C@H](c2ccc(C3CC3)cc2)[C@@](C)(C2=CC(N3CC[C@H](C)C3)=CCC2)N=C1N. The quantitative estimate of drug-likeness (QED) is 0.686. The molecule has 1 saturated heterocycles. The van der Waals surface area contributed by atoms with Gasteiger partial charge < -0.3 is 10.6 Å². The standard InChI is InChI=1S/C28H37N3O/c1-4-24-26(32)25(21-12-10-20(11-13-21)19-8-9-19)28(3,30-27(24)29)22-6-5-7-23(16-22)31-15-14-18(2)17-31/h7,10-13,16,18-19,24-25H,4-6,8-9,14-15,17H2,1-3H3,(H2,29,30)/t18-,24?,25-,28+/m0/s1. The first-order valence-electron chi connectivity index (χ1n) is 12.6. The van der Waals surface area contributed by atoms with Crippen molar-refractivity contribution in [3.05, 3.63) is 58.8 Å². The van der Waals surface area contributed by atoms with Crippen molar-refractivity contribution >= 4 is 11.6 Å².